The Balaban J connectivity index is 1.97. The number of halogens is 2. The van der Waals surface area contributed by atoms with Gasteiger partial charge in [-0.3, -0.25) is 4.79 Å². The first-order valence-corrected chi connectivity index (χ1v) is 10.6. The lowest BCUT2D eigenvalue weighted by Crippen LogP contribution is -2.42. The van der Waals surface area contributed by atoms with Crippen LogP contribution in [0, 0.1) is 0 Å². The van der Waals surface area contributed by atoms with Crippen molar-refractivity contribution in [3.05, 3.63) is 35.1 Å². The van der Waals surface area contributed by atoms with Gasteiger partial charge in [0.25, 0.3) is 5.91 Å². The van der Waals surface area contributed by atoms with Gasteiger partial charge in [0.1, 0.15) is 12.0 Å². The lowest BCUT2D eigenvalue weighted by molar-refractivity contribution is -0.00177. The summed E-state index contributed by atoms with van der Waals surface area (Å²) >= 11 is 6.04. The summed E-state index contributed by atoms with van der Waals surface area (Å²) in [5.41, 5.74) is 5.49. The van der Waals surface area contributed by atoms with E-state index in [0.717, 1.165) is 6.42 Å². The Bertz CT molecular complexity index is 1130. The number of carbonyl (C=O) groups excluding carboxylic acids is 1. The van der Waals surface area contributed by atoms with Crippen molar-refractivity contribution in [2.75, 3.05) is 17.6 Å². The molecular weight excluding hydrogens is 437 g/mol. The first-order valence-electron chi connectivity index (χ1n) is 10.2. The second-order valence-corrected chi connectivity index (χ2v) is 8.60. The largest absolute Gasteiger partial charge is 0.387 e. The van der Waals surface area contributed by atoms with E-state index in [1.807, 2.05) is 13.8 Å². The Kier molecular flexibility index (Phi) is 6.85. The van der Waals surface area contributed by atoms with Gasteiger partial charge in [-0.25, -0.2) is 14.4 Å². The molecule has 11 heteroatoms. The number of anilines is 2. The maximum Gasteiger partial charge on any atom is 0.255 e. The van der Waals surface area contributed by atoms with Gasteiger partial charge in [0.05, 0.1) is 34.6 Å². The van der Waals surface area contributed by atoms with Crippen LogP contribution in [0.5, 0.6) is 0 Å². The van der Waals surface area contributed by atoms with E-state index in [1.165, 1.54) is 24.7 Å². The number of hydrogen-bond acceptors (Lipinski definition) is 7. The number of nitrogen functional groups attached to an aromatic ring is 1. The van der Waals surface area contributed by atoms with Crippen LogP contribution < -0.4 is 16.4 Å². The van der Waals surface area contributed by atoms with Crippen LogP contribution in [0.15, 0.2) is 24.5 Å². The second-order valence-electron chi connectivity index (χ2n) is 8.20. The molecule has 3 aromatic rings. The number of nitrogens with zero attached hydrogens (tertiary/aromatic N) is 4. The Labute approximate surface area is 190 Å². The van der Waals surface area contributed by atoms with Gasteiger partial charge in [-0.15, -0.1) is 0 Å². The average molecular weight is 464 g/mol. The third-order valence-corrected chi connectivity index (χ3v) is 5.40. The van der Waals surface area contributed by atoms with Crippen LogP contribution in [-0.4, -0.2) is 55.1 Å². The lowest BCUT2D eigenvalue weighted by Gasteiger charge is -2.23. The van der Waals surface area contributed by atoms with E-state index in [1.54, 1.807) is 18.3 Å². The first-order chi connectivity index (χ1) is 15.0. The molecule has 3 aromatic heterocycles. The molecular formula is C21H27ClFN7O2. The molecule has 0 aliphatic carbocycles. The van der Waals surface area contributed by atoms with Gasteiger partial charge >= 0.3 is 0 Å². The van der Waals surface area contributed by atoms with Crippen molar-refractivity contribution in [2.24, 2.45) is 0 Å². The van der Waals surface area contributed by atoms with Gasteiger partial charge in [0.15, 0.2) is 11.5 Å². The molecule has 3 heterocycles. The van der Waals surface area contributed by atoms with Gasteiger partial charge in [0, 0.05) is 23.7 Å². The molecule has 0 aromatic carbocycles. The fourth-order valence-electron chi connectivity index (χ4n) is 2.87. The Hall–Kier alpha value is -2.98. The third kappa shape index (κ3) is 5.08. The predicted octanol–water partition coefficient (Wildman–Crippen LogP) is 3.10. The first kappa shape index (κ1) is 23.7. The molecule has 0 aliphatic heterocycles. The lowest BCUT2D eigenvalue weighted by atomic mass is 10.0. The Morgan fingerprint density at radius 1 is 1.38 bits per heavy atom. The molecule has 0 aliphatic rings. The van der Waals surface area contributed by atoms with Crippen molar-refractivity contribution in [3.8, 4) is 5.82 Å². The zero-order chi connectivity index (χ0) is 23.6. The highest BCUT2D eigenvalue weighted by Crippen LogP contribution is 2.26. The minimum atomic E-state index is -1.62. The Morgan fingerprint density at radius 3 is 2.75 bits per heavy atom. The standard InChI is InChI=1S/C21H27ClFN7O2/c1-5-11(2)28-15-7-17(30-19-12(8-27-30)6-14(22)18(24)29-19)25-9-13(15)20(31)26-10-16(23)21(3,4)32/h6-9,11,16,32H,5,10H2,1-4H3,(H2,24,29)(H,25,28)(H,26,31)/t11-,16+/m0/s1. The van der Waals surface area contributed by atoms with Crippen LogP contribution in [0.25, 0.3) is 16.9 Å². The summed E-state index contributed by atoms with van der Waals surface area (Å²) in [4.78, 5) is 21.4. The monoisotopic (exact) mass is 463 g/mol. The molecule has 1 amide bonds. The number of amides is 1. The zero-order valence-electron chi connectivity index (χ0n) is 18.4. The molecule has 0 bridgehead atoms. The number of nitrogens with one attached hydrogen (secondary N) is 2. The van der Waals surface area contributed by atoms with Gasteiger partial charge in [0.2, 0.25) is 0 Å². The average Bonchev–Trinajstić information content (AvgIpc) is 3.13. The van der Waals surface area contributed by atoms with Crippen molar-refractivity contribution in [3.63, 3.8) is 0 Å². The fourth-order valence-corrected chi connectivity index (χ4v) is 3.03. The number of aromatic nitrogens is 4. The minimum absolute atomic E-state index is 0.0593. The number of hydrogen-bond donors (Lipinski definition) is 4. The highest BCUT2D eigenvalue weighted by Gasteiger charge is 2.27. The minimum Gasteiger partial charge on any atom is -0.387 e. The summed E-state index contributed by atoms with van der Waals surface area (Å²) in [6.07, 6.45) is 2.17. The summed E-state index contributed by atoms with van der Waals surface area (Å²) in [6, 6.07) is 3.39. The van der Waals surface area contributed by atoms with E-state index in [-0.39, 0.29) is 24.0 Å². The van der Waals surface area contributed by atoms with Crippen LogP contribution in [0.1, 0.15) is 44.5 Å². The van der Waals surface area contributed by atoms with Crippen LogP contribution >= 0.6 is 11.6 Å². The van der Waals surface area contributed by atoms with Crippen molar-refractivity contribution in [1.29, 1.82) is 0 Å². The molecule has 0 saturated carbocycles. The van der Waals surface area contributed by atoms with Crippen LogP contribution in [0.4, 0.5) is 15.9 Å². The van der Waals surface area contributed by atoms with Crippen molar-refractivity contribution in [1.82, 2.24) is 25.1 Å². The topological polar surface area (TPSA) is 131 Å². The third-order valence-electron chi connectivity index (χ3n) is 5.10. The molecule has 32 heavy (non-hydrogen) atoms. The summed E-state index contributed by atoms with van der Waals surface area (Å²) < 4.78 is 15.6. The van der Waals surface area contributed by atoms with Crippen LogP contribution in [-0.2, 0) is 0 Å². The van der Waals surface area contributed by atoms with Crippen LogP contribution in [0.3, 0.4) is 0 Å². The summed E-state index contributed by atoms with van der Waals surface area (Å²) in [7, 11) is 0. The van der Waals surface area contributed by atoms with E-state index in [4.69, 9.17) is 17.3 Å². The molecule has 172 valence electrons. The molecule has 0 radical (unpaired) electrons. The molecule has 0 saturated heterocycles. The quantitative estimate of drug-likeness (QED) is 0.403. The molecule has 2 atom stereocenters. The number of carbonyl (C=O) groups is 1. The molecule has 9 nitrogen and oxygen atoms in total. The summed E-state index contributed by atoms with van der Waals surface area (Å²) in [5, 5.41) is 20.9. The van der Waals surface area contributed by atoms with E-state index in [2.05, 4.69) is 25.7 Å². The summed E-state index contributed by atoms with van der Waals surface area (Å²) in [6.45, 7) is 6.34. The van der Waals surface area contributed by atoms with Gasteiger partial charge in [-0.05, 0) is 33.3 Å². The van der Waals surface area contributed by atoms with Crippen molar-refractivity contribution < 1.29 is 14.3 Å². The zero-order valence-corrected chi connectivity index (χ0v) is 19.1. The van der Waals surface area contributed by atoms with Crippen molar-refractivity contribution >= 4 is 40.0 Å². The second kappa shape index (κ2) is 9.25. The van der Waals surface area contributed by atoms with E-state index in [0.29, 0.717) is 27.6 Å². The number of aliphatic hydroxyl groups is 1. The highest BCUT2D eigenvalue weighted by atomic mass is 35.5. The molecule has 5 N–H and O–H groups in total. The SMILES string of the molecule is CC[C@H](C)Nc1cc(-n2ncc3cc(Cl)c(N)nc32)ncc1C(=O)NC[C@@H](F)C(C)(C)O. The number of alkyl halides is 1. The normalized spacial score (nSPS) is 13.7. The Morgan fingerprint density at radius 2 is 2.09 bits per heavy atom. The number of rotatable bonds is 8. The molecule has 0 fully saturated rings. The number of pyridine rings is 2. The van der Waals surface area contributed by atoms with E-state index in [9.17, 15) is 14.3 Å². The van der Waals surface area contributed by atoms with Crippen LogP contribution in [0.2, 0.25) is 5.02 Å². The summed E-state index contributed by atoms with van der Waals surface area (Å²) in [5.74, 6) is 0.0696. The van der Waals surface area contributed by atoms with Gasteiger partial charge in [-0.1, -0.05) is 18.5 Å². The highest BCUT2D eigenvalue weighted by molar-refractivity contribution is 6.33. The van der Waals surface area contributed by atoms with E-state index >= 15 is 0 Å². The molecule has 0 spiro atoms. The maximum atomic E-state index is 14.1. The van der Waals surface area contributed by atoms with E-state index < -0.39 is 17.7 Å². The maximum absolute atomic E-state index is 14.1. The van der Waals surface area contributed by atoms with Gasteiger partial charge < -0.3 is 21.5 Å². The fraction of sp³-hybridized carbons (Fsp3) is 0.429. The van der Waals surface area contributed by atoms with Gasteiger partial charge in [-0.2, -0.15) is 9.78 Å². The molecule has 3 rings (SSSR count). The van der Waals surface area contributed by atoms with Crippen molar-refractivity contribution in [2.45, 2.75) is 51.9 Å². The molecule has 0 unspecified atom stereocenters. The number of fused-ring (bicyclic) bond motifs is 1. The number of nitrogens with two attached hydrogens (primary N) is 1. The predicted molar refractivity (Wildman–Crippen MR) is 123 cm³/mol. The smallest absolute Gasteiger partial charge is 0.255 e.